The highest BCUT2D eigenvalue weighted by Crippen LogP contribution is 2.20. The van der Waals surface area contributed by atoms with Crippen molar-refractivity contribution in [2.45, 2.75) is 39.0 Å². The summed E-state index contributed by atoms with van der Waals surface area (Å²) in [7, 11) is 4.05. The van der Waals surface area contributed by atoms with Gasteiger partial charge in [-0.1, -0.05) is 25.5 Å². The van der Waals surface area contributed by atoms with E-state index >= 15 is 0 Å². The van der Waals surface area contributed by atoms with Gasteiger partial charge in [0.15, 0.2) is 0 Å². The molecule has 25 heavy (non-hydrogen) atoms. The van der Waals surface area contributed by atoms with Crippen LogP contribution in [0, 0.1) is 5.92 Å². The molecule has 1 aromatic rings. The molecule has 0 radical (unpaired) electrons. The Morgan fingerprint density at radius 3 is 2.60 bits per heavy atom. The van der Waals surface area contributed by atoms with E-state index in [4.69, 9.17) is 0 Å². The van der Waals surface area contributed by atoms with Crippen LogP contribution in [0.4, 0.5) is 5.69 Å². The van der Waals surface area contributed by atoms with Crippen molar-refractivity contribution in [2.75, 3.05) is 39.0 Å². The topological polar surface area (TPSA) is 52.7 Å². The van der Waals surface area contributed by atoms with E-state index in [1.165, 1.54) is 18.4 Å². The number of benzene rings is 1. The molecule has 1 aliphatic heterocycles. The number of aryl methyl sites for hydroxylation is 1. The lowest BCUT2D eigenvalue weighted by Crippen LogP contribution is -2.30. The molecule has 2 amide bonds. The zero-order chi connectivity index (χ0) is 18.2. The summed E-state index contributed by atoms with van der Waals surface area (Å²) in [4.78, 5) is 28.5. The van der Waals surface area contributed by atoms with Crippen LogP contribution in [0.3, 0.4) is 0 Å². The van der Waals surface area contributed by atoms with Crippen LogP contribution in [0.2, 0.25) is 0 Å². The van der Waals surface area contributed by atoms with E-state index < -0.39 is 0 Å². The first-order chi connectivity index (χ1) is 12.0. The third-order valence-electron chi connectivity index (χ3n) is 4.66. The number of carbonyl (C=O) groups is 2. The fraction of sp³-hybridized carbons (Fsp3) is 0.600. The van der Waals surface area contributed by atoms with Gasteiger partial charge in [-0.2, -0.15) is 0 Å². The normalized spacial score (nSPS) is 17.4. The molecule has 1 aliphatic rings. The fourth-order valence-corrected chi connectivity index (χ4v) is 3.12. The van der Waals surface area contributed by atoms with Gasteiger partial charge in [-0.25, -0.2) is 0 Å². The van der Waals surface area contributed by atoms with E-state index in [0.717, 1.165) is 31.6 Å². The number of amides is 2. The van der Waals surface area contributed by atoms with Crippen molar-refractivity contribution < 1.29 is 9.59 Å². The smallest absolute Gasteiger partial charge is 0.229 e. The zero-order valence-electron chi connectivity index (χ0n) is 15.8. The van der Waals surface area contributed by atoms with Crippen LogP contribution in [0.5, 0.6) is 0 Å². The van der Waals surface area contributed by atoms with Gasteiger partial charge < -0.3 is 15.1 Å². The van der Waals surface area contributed by atoms with E-state index in [2.05, 4.69) is 29.3 Å². The third kappa shape index (κ3) is 6.16. The van der Waals surface area contributed by atoms with Crippen LogP contribution in [-0.2, 0) is 16.0 Å². The molecule has 1 unspecified atom stereocenters. The molecular formula is C20H31N3O2. The first-order valence-corrected chi connectivity index (χ1v) is 9.32. The lowest BCUT2D eigenvalue weighted by molar-refractivity contribution is -0.128. The maximum Gasteiger partial charge on any atom is 0.229 e. The molecule has 2 rings (SSSR count). The van der Waals surface area contributed by atoms with Gasteiger partial charge in [0.1, 0.15) is 0 Å². The number of unbranched alkanes of at least 4 members (excludes halogenated alkanes) is 1. The van der Waals surface area contributed by atoms with Crippen LogP contribution in [-0.4, -0.2) is 55.3 Å². The zero-order valence-corrected chi connectivity index (χ0v) is 15.8. The van der Waals surface area contributed by atoms with Crippen molar-refractivity contribution >= 4 is 17.5 Å². The van der Waals surface area contributed by atoms with Gasteiger partial charge in [0.2, 0.25) is 11.8 Å². The number of hydrogen-bond acceptors (Lipinski definition) is 3. The molecule has 1 aromatic carbocycles. The number of rotatable bonds is 9. The summed E-state index contributed by atoms with van der Waals surface area (Å²) in [6.45, 7) is 4.39. The Bertz CT molecular complexity index is 569. The minimum atomic E-state index is -0.244. The number of nitrogens with zero attached hydrogens (tertiary/aromatic N) is 2. The summed E-state index contributed by atoms with van der Waals surface area (Å²) >= 11 is 0. The van der Waals surface area contributed by atoms with Crippen molar-refractivity contribution in [2.24, 2.45) is 5.92 Å². The number of carbonyl (C=O) groups excluding carboxylic acids is 2. The highest BCUT2D eigenvalue weighted by atomic mass is 16.2. The first kappa shape index (κ1) is 19.4. The van der Waals surface area contributed by atoms with Gasteiger partial charge in [-0.3, -0.25) is 9.59 Å². The number of hydrogen-bond donors (Lipinski definition) is 1. The first-order valence-electron chi connectivity index (χ1n) is 9.32. The summed E-state index contributed by atoms with van der Waals surface area (Å²) in [6, 6.07) is 8.04. The minimum Gasteiger partial charge on any atom is -0.342 e. The average molecular weight is 345 g/mol. The molecule has 138 valence electrons. The quantitative estimate of drug-likeness (QED) is 0.749. The second kappa shape index (κ2) is 9.56. The predicted octanol–water partition coefficient (Wildman–Crippen LogP) is 2.77. The monoisotopic (exact) mass is 345 g/mol. The second-order valence-electron chi connectivity index (χ2n) is 7.19. The van der Waals surface area contributed by atoms with Crippen LogP contribution in [0.15, 0.2) is 24.3 Å². The van der Waals surface area contributed by atoms with E-state index in [9.17, 15) is 9.59 Å². The molecule has 0 bridgehead atoms. The largest absolute Gasteiger partial charge is 0.342 e. The van der Waals surface area contributed by atoms with Gasteiger partial charge in [-0.15, -0.1) is 0 Å². The van der Waals surface area contributed by atoms with Crippen molar-refractivity contribution in [3.63, 3.8) is 0 Å². The van der Waals surface area contributed by atoms with Crippen molar-refractivity contribution in [1.82, 2.24) is 9.80 Å². The summed E-state index contributed by atoms with van der Waals surface area (Å²) < 4.78 is 0. The molecular weight excluding hydrogens is 314 g/mol. The summed E-state index contributed by atoms with van der Waals surface area (Å²) in [5.74, 6) is -0.204. The molecule has 0 saturated carbocycles. The van der Waals surface area contributed by atoms with E-state index in [0.29, 0.717) is 13.0 Å². The maximum atomic E-state index is 12.4. The highest BCUT2D eigenvalue weighted by molar-refractivity contribution is 5.97. The Labute approximate surface area is 151 Å². The molecule has 1 fully saturated rings. The SMILES string of the molecule is CCCCc1ccc(NC(=O)C2CC(=O)N(CCCN(C)C)C2)cc1. The Morgan fingerprint density at radius 2 is 1.96 bits per heavy atom. The lowest BCUT2D eigenvalue weighted by atomic mass is 10.1. The van der Waals surface area contributed by atoms with Crippen LogP contribution in [0.25, 0.3) is 0 Å². The van der Waals surface area contributed by atoms with Crippen LogP contribution in [0.1, 0.15) is 38.2 Å². The van der Waals surface area contributed by atoms with Gasteiger partial charge in [0.05, 0.1) is 5.92 Å². The molecule has 1 saturated heterocycles. The Morgan fingerprint density at radius 1 is 1.24 bits per heavy atom. The number of nitrogens with one attached hydrogen (secondary N) is 1. The molecule has 0 aliphatic carbocycles. The van der Waals surface area contributed by atoms with Gasteiger partial charge in [-0.05, 0) is 57.6 Å². The molecule has 0 spiro atoms. The average Bonchev–Trinajstić information content (AvgIpc) is 2.95. The maximum absolute atomic E-state index is 12.4. The van der Waals surface area contributed by atoms with E-state index in [1.54, 1.807) is 0 Å². The van der Waals surface area contributed by atoms with Crippen LogP contribution < -0.4 is 5.32 Å². The van der Waals surface area contributed by atoms with Crippen molar-refractivity contribution in [1.29, 1.82) is 0 Å². The summed E-state index contributed by atoms with van der Waals surface area (Å²) in [5, 5.41) is 2.96. The molecule has 0 aromatic heterocycles. The van der Waals surface area contributed by atoms with Crippen LogP contribution >= 0.6 is 0 Å². The summed E-state index contributed by atoms with van der Waals surface area (Å²) in [6.07, 6.45) is 4.69. The predicted molar refractivity (Wildman–Crippen MR) is 102 cm³/mol. The Hall–Kier alpha value is -1.88. The molecule has 1 atom stereocenters. The second-order valence-corrected chi connectivity index (χ2v) is 7.19. The molecule has 1 N–H and O–H groups in total. The van der Waals surface area contributed by atoms with E-state index in [-0.39, 0.29) is 17.7 Å². The lowest BCUT2D eigenvalue weighted by Gasteiger charge is -2.18. The standard InChI is InChI=1S/C20H31N3O2/c1-4-5-7-16-8-10-18(11-9-16)21-20(25)17-14-19(24)23(15-17)13-6-12-22(2)3/h8-11,17H,4-7,12-15H2,1-3H3,(H,21,25). The Kier molecular flexibility index (Phi) is 7.44. The summed E-state index contributed by atoms with van der Waals surface area (Å²) in [5.41, 5.74) is 2.10. The molecule has 5 nitrogen and oxygen atoms in total. The van der Waals surface area contributed by atoms with Crippen molar-refractivity contribution in [3.8, 4) is 0 Å². The molecule has 5 heteroatoms. The van der Waals surface area contributed by atoms with Gasteiger partial charge >= 0.3 is 0 Å². The number of anilines is 1. The Balaban J connectivity index is 1.81. The minimum absolute atomic E-state index is 0.0511. The molecule has 1 heterocycles. The van der Waals surface area contributed by atoms with E-state index in [1.807, 2.05) is 31.1 Å². The highest BCUT2D eigenvalue weighted by Gasteiger charge is 2.33. The van der Waals surface area contributed by atoms with Gasteiger partial charge in [0, 0.05) is 25.2 Å². The van der Waals surface area contributed by atoms with Crippen molar-refractivity contribution in [3.05, 3.63) is 29.8 Å². The van der Waals surface area contributed by atoms with Gasteiger partial charge in [0.25, 0.3) is 0 Å². The fourth-order valence-electron chi connectivity index (χ4n) is 3.12. The number of likely N-dealkylation sites (tertiary alicyclic amines) is 1. The third-order valence-corrected chi connectivity index (χ3v) is 4.66.